The molecule has 0 aromatic heterocycles. The van der Waals surface area contributed by atoms with Gasteiger partial charge in [-0.1, -0.05) is 23.7 Å². The van der Waals surface area contributed by atoms with Crippen molar-refractivity contribution in [2.75, 3.05) is 13.2 Å². The number of ether oxygens (including phenoxy) is 1. The number of benzene rings is 1. The van der Waals surface area contributed by atoms with Gasteiger partial charge in [-0.05, 0) is 11.6 Å². The summed E-state index contributed by atoms with van der Waals surface area (Å²) in [6, 6.07) is 4.00. The number of alkyl halides is 4. The Balaban J connectivity index is 2.47. The van der Waals surface area contributed by atoms with Crippen LogP contribution < -0.4 is 0 Å². The number of hydrogen-bond donors (Lipinski definition) is 0. The predicted molar refractivity (Wildman–Crippen MR) is 61.9 cm³/mol. The Morgan fingerprint density at radius 3 is 2.60 bits per heavy atom. The van der Waals surface area contributed by atoms with E-state index in [1.807, 2.05) is 0 Å². The molecule has 0 N–H and O–H groups in total. The first kappa shape index (κ1) is 16.8. The molecule has 1 aromatic carbocycles. The van der Waals surface area contributed by atoms with E-state index in [1.54, 1.807) is 0 Å². The van der Waals surface area contributed by atoms with E-state index in [2.05, 4.69) is 4.74 Å². The van der Waals surface area contributed by atoms with Crippen molar-refractivity contribution in [3.8, 4) is 0 Å². The fourth-order valence-corrected chi connectivity index (χ4v) is 1.51. The van der Waals surface area contributed by atoms with Gasteiger partial charge in [-0.15, -0.1) is 0 Å². The molecule has 1 aromatic rings. The zero-order valence-corrected chi connectivity index (χ0v) is 10.8. The number of rotatable bonds is 7. The molecule has 0 amide bonds. The summed E-state index contributed by atoms with van der Waals surface area (Å²) in [4.78, 5) is 11.4. The Morgan fingerprint density at radius 2 is 2.00 bits per heavy atom. The fourth-order valence-electron chi connectivity index (χ4n) is 1.31. The van der Waals surface area contributed by atoms with E-state index < -0.39 is 43.6 Å². The summed E-state index contributed by atoms with van der Waals surface area (Å²) in [5.74, 6) is -5.83. The van der Waals surface area contributed by atoms with Crippen molar-refractivity contribution in [2.24, 2.45) is 0 Å². The Bertz CT molecular complexity index is 479. The minimum atomic E-state index is -4.32. The molecule has 0 aliphatic carbocycles. The molecule has 0 radical (unpaired) electrons. The largest absolute Gasteiger partial charge is 0.367 e. The Kier molecular flexibility index (Phi) is 5.88. The molecule has 0 spiro atoms. The number of carbonyl (C=O) groups excluding carboxylic acids is 1. The van der Waals surface area contributed by atoms with Crippen LogP contribution in [0.5, 0.6) is 0 Å². The smallest absolute Gasteiger partial charge is 0.330 e. The summed E-state index contributed by atoms with van der Waals surface area (Å²) in [6.45, 7) is -2.39. The second kappa shape index (κ2) is 6.99. The molecule has 0 saturated heterocycles. The Morgan fingerprint density at radius 1 is 1.35 bits per heavy atom. The van der Waals surface area contributed by atoms with Gasteiger partial charge in [-0.3, -0.25) is 4.79 Å². The summed E-state index contributed by atoms with van der Waals surface area (Å²) < 4.78 is 66.2. The number of ketones is 1. The maximum absolute atomic E-state index is 13.4. The van der Waals surface area contributed by atoms with Crippen LogP contribution in [0.1, 0.15) is 5.56 Å². The summed E-state index contributed by atoms with van der Waals surface area (Å²) in [7, 11) is 0. The quantitative estimate of drug-likeness (QED) is 0.720. The van der Waals surface area contributed by atoms with Crippen molar-refractivity contribution in [2.45, 2.75) is 18.8 Å². The van der Waals surface area contributed by atoms with Gasteiger partial charge in [0, 0.05) is 6.42 Å². The van der Waals surface area contributed by atoms with Crippen molar-refractivity contribution in [3.05, 3.63) is 34.6 Å². The molecule has 0 bridgehead atoms. The molecule has 0 atom stereocenters. The zero-order chi connectivity index (χ0) is 15.3. The molecule has 0 aliphatic heterocycles. The third kappa shape index (κ3) is 4.72. The monoisotopic (exact) mass is 316 g/mol. The van der Waals surface area contributed by atoms with E-state index in [0.29, 0.717) is 0 Å². The molecule has 2 nitrogen and oxygen atoms in total. The van der Waals surface area contributed by atoms with Gasteiger partial charge in [0.1, 0.15) is 19.0 Å². The van der Waals surface area contributed by atoms with Gasteiger partial charge in [0.15, 0.2) is 5.78 Å². The lowest BCUT2D eigenvalue weighted by atomic mass is 10.1. The van der Waals surface area contributed by atoms with Crippen molar-refractivity contribution >= 4 is 17.4 Å². The molecule has 0 fully saturated rings. The van der Waals surface area contributed by atoms with Crippen LogP contribution in [-0.4, -0.2) is 31.3 Å². The van der Waals surface area contributed by atoms with E-state index in [0.717, 1.165) is 0 Å². The van der Waals surface area contributed by atoms with Crippen LogP contribution in [0.4, 0.5) is 22.0 Å². The molecule has 20 heavy (non-hydrogen) atoms. The van der Waals surface area contributed by atoms with Crippen LogP contribution in [0.15, 0.2) is 18.2 Å². The number of halogens is 6. The van der Waals surface area contributed by atoms with Gasteiger partial charge in [0.25, 0.3) is 0 Å². The van der Waals surface area contributed by atoms with Crippen molar-refractivity contribution in [1.29, 1.82) is 0 Å². The minimum absolute atomic E-state index is 0.0216. The van der Waals surface area contributed by atoms with E-state index in [4.69, 9.17) is 11.6 Å². The van der Waals surface area contributed by atoms with Crippen molar-refractivity contribution in [1.82, 2.24) is 0 Å². The molecule has 112 valence electrons. The molecule has 0 unspecified atom stereocenters. The molecular weight excluding hydrogens is 307 g/mol. The molecule has 0 heterocycles. The van der Waals surface area contributed by atoms with Crippen LogP contribution in [0, 0.1) is 5.82 Å². The van der Waals surface area contributed by atoms with E-state index in [9.17, 15) is 26.7 Å². The van der Waals surface area contributed by atoms with E-state index in [-0.39, 0.29) is 10.6 Å². The maximum Gasteiger partial charge on any atom is 0.330 e. The van der Waals surface area contributed by atoms with E-state index in [1.165, 1.54) is 18.2 Å². The van der Waals surface area contributed by atoms with Gasteiger partial charge >= 0.3 is 12.3 Å². The van der Waals surface area contributed by atoms with E-state index >= 15 is 0 Å². The lowest BCUT2D eigenvalue weighted by Gasteiger charge is -2.14. The van der Waals surface area contributed by atoms with Crippen molar-refractivity contribution in [3.63, 3.8) is 0 Å². The van der Waals surface area contributed by atoms with Gasteiger partial charge in [0.2, 0.25) is 0 Å². The maximum atomic E-state index is 13.4. The fraction of sp³-hybridized carbons (Fsp3) is 0.417. The zero-order valence-electron chi connectivity index (χ0n) is 10.0. The van der Waals surface area contributed by atoms with Gasteiger partial charge < -0.3 is 4.74 Å². The standard InChI is InChI=1S/C12H10ClF5O2/c13-9-3-1-2-7(10(9)14)4-8(19)5-20-6-12(17,18)11(15)16/h1-3,11H,4-6H2. The second-order valence-electron chi connectivity index (χ2n) is 3.98. The third-order valence-corrected chi connectivity index (χ3v) is 2.59. The lowest BCUT2D eigenvalue weighted by molar-refractivity contribution is -0.168. The molecule has 1 rings (SSSR count). The summed E-state index contributed by atoms with van der Waals surface area (Å²) in [6.07, 6.45) is -4.30. The summed E-state index contributed by atoms with van der Waals surface area (Å²) >= 11 is 5.50. The second-order valence-corrected chi connectivity index (χ2v) is 4.39. The molecule has 8 heteroatoms. The average Bonchev–Trinajstić information content (AvgIpc) is 2.34. The van der Waals surface area contributed by atoms with Crippen molar-refractivity contribution < 1.29 is 31.5 Å². The normalized spacial score (nSPS) is 11.9. The summed E-state index contributed by atoms with van der Waals surface area (Å²) in [5, 5.41) is -0.180. The average molecular weight is 317 g/mol. The number of Topliss-reactive ketones (excluding diaryl/α,β-unsaturated/α-hetero) is 1. The topological polar surface area (TPSA) is 26.3 Å². The lowest BCUT2D eigenvalue weighted by Crippen LogP contribution is -2.33. The van der Waals surface area contributed by atoms with Crippen LogP contribution in [-0.2, 0) is 16.0 Å². The first-order valence-electron chi connectivity index (χ1n) is 5.42. The highest BCUT2D eigenvalue weighted by atomic mass is 35.5. The summed E-state index contributed by atoms with van der Waals surface area (Å²) in [5.41, 5.74) is -0.0216. The van der Waals surface area contributed by atoms with Crippen LogP contribution in [0.25, 0.3) is 0 Å². The SMILES string of the molecule is O=C(COCC(F)(F)C(F)F)Cc1cccc(Cl)c1F. The molecular formula is C12H10ClF5O2. The minimum Gasteiger partial charge on any atom is -0.367 e. The molecule has 0 aliphatic rings. The first-order valence-corrected chi connectivity index (χ1v) is 5.80. The van der Waals surface area contributed by atoms with Crippen LogP contribution in [0.2, 0.25) is 5.02 Å². The number of carbonyl (C=O) groups is 1. The van der Waals surface area contributed by atoms with Crippen LogP contribution in [0.3, 0.4) is 0 Å². The highest BCUT2D eigenvalue weighted by Gasteiger charge is 2.41. The first-order chi connectivity index (χ1) is 9.24. The predicted octanol–water partition coefficient (Wildman–Crippen LogP) is 3.51. The highest BCUT2D eigenvalue weighted by Crippen LogP contribution is 2.23. The van der Waals surface area contributed by atoms with Crippen LogP contribution >= 0.6 is 11.6 Å². The Hall–Kier alpha value is -1.21. The third-order valence-electron chi connectivity index (χ3n) is 2.30. The van der Waals surface area contributed by atoms with Gasteiger partial charge in [-0.25, -0.2) is 13.2 Å². The molecule has 0 saturated carbocycles. The van der Waals surface area contributed by atoms with Gasteiger partial charge in [-0.2, -0.15) is 8.78 Å². The van der Waals surface area contributed by atoms with Gasteiger partial charge in [0.05, 0.1) is 5.02 Å². The Labute approximate surface area is 116 Å². The number of hydrogen-bond acceptors (Lipinski definition) is 2. The highest BCUT2D eigenvalue weighted by molar-refractivity contribution is 6.30.